The largest absolute Gasteiger partial charge is 0.339 e. The average Bonchev–Trinajstić information content (AvgIpc) is 3.37. The summed E-state index contributed by atoms with van der Waals surface area (Å²) in [5, 5.41) is 10.6. The van der Waals surface area contributed by atoms with Crippen LogP contribution in [0.15, 0.2) is 36.7 Å². The molecule has 0 aliphatic carbocycles. The Morgan fingerprint density at radius 3 is 2.69 bits per heavy atom. The van der Waals surface area contributed by atoms with E-state index in [-0.39, 0.29) is 36.1 Å². The number of carbonyl (C=O) groups excluding carboxylic acids is 2. The van der Waals surface area contributed by atoms with Gasteiger partial charge in [0.05, 0.1) is 12.1 Å². The molecular formula is C21H28ClN5O2. The molecule has 0 bridgehead atoms. The van der Waals surface area contributed by atoms with E-state index in [9.17, 15) is 9.59 Å². The van der Waals surface area contributed by atoms with Crippen LogP contribution in [-0.2, 0) is 11.8 Å². The molecule has 2 fully saturated rings. The molecule has 0 spiro atoms. The summed E-state index contributed by atoms with van der Waals surface area (Å²) in [6.07, 6.45) is 7.11. The highest BCUT2D eigenvalue weighted by atomic mass is 35.5. The lowest BCUT2D eigenvalue weighted by Crippen LogP contribution is -2.35. The van der Waals surface area contributed by atoms with Crippen molar-refractivity contribution in [3.63, 3.8) is 0 Å². The SMILES string of the molecule is Cl.Cn1cc([C@H]2CNC[C@@H]2C(=O)Nc2cccc(C(=O)N3CCCCC3)c2)cn1. The lowest BCUT2D eigenvalue weighted by Gasteiger charge is -2.27. The van der Waals surface area contributed by atoms with Gasteiger partial charge >= 0.3 is 0 Å². The fourth-order valence-electron chi connectivity index (χ4n) is 4.18. The van der Waals surface area contributed by atoms with E-state index in [1.807, 2.05) is 42.5 Å². The number of aryl methyl sites for hydroxylation is 1. The Hall–Kier alpha value is -2.38. The van der Waals surface area contributed by atoms with Crippen LogP contribution in [0.2, 0.25) is 0 Å². The van der Waals surface area contributed by atoms with Crippen LogP contribution in [0.1, 0.15) is 41.1 Å². The van der Waals surface area contributed by atoms with E-state index in [0.29, 0.717) is 17.8 Å². The molecule has 8 heteroatoms. The molecule has 0 unspecified atom stereocenters. The number of nitrogens with zero attached hydrogens (tertiary/aromatic N) is 3. The molecule has 2 saturated heterocycles. The molecule has 2 N–H and O–H groups in total. The Morgan fingerprint density at radius 2 is 1.97 bits per heavy atom. The summed E-state index contributed by atoms with van der Waals surface area (Å²) >= 11 is 0. The van der Waals surface area contributed by atoms with Gasteiger partial charge in [0.2, 0.25) is 5.91 Å². The van der Waals surface area contributed by atoms with Crippen LogP contribution in [0.5, 0.6) is 0 Å². The summed E-state index contributed by atoms with van der Waals surface area (Å²) in [5.74, 6) is -0.0366. The van der Waals surface area contributed by atoms with Gasteiger partial charge in [0.15, 0.2) is 0 Å². The first-order valence-corrected chi connectivity index (χ1v) is 10.0. The van der Waals surface area contributed by atoms with E-state index in [1.54, 1.807) is 10.7 Å². The van der Waals surface area contributed by atoms with E-state index in [0.717, 1.165) is 38.0 Å². The second-order valence-electron chi connectivity index (χ2n) is 7.74. The monoisotopic (exact) mass is 417 g/mol. The average molecular weight is 418 g/mol. The third-order valence-electron chi connectivity index (χ3n) is 5.72. The maximum Gasteiger partial charge on any atom is 0.253 e. The molecule has 156 valence electrons. The number of piperidine rings is 1. The van der Waals surface area contributed by atoms with Crippen molar-refractivity contribution in [3.05, 3.63) is 47.8 Å². The molecule has 2 aromatic rings. The molecule has 3 heterocycles. The third kappa shape index (κ3) is 4.79. The van der Waals surface area contributed by atoms with Crippen LogP contribution >= 0.6 is 12.4 Å². The van der Waals surface area contributed by atoms with Crippen molar-refractivity contribution in [2.75, 3.05) is 31.5 Å². The van der Waals surface area contributed by atoms with Crippen LogP contribution in [0.4, 0.5) is 5.69 Å². The summed E-state index contributed by atoms with van der Waals surface area (Å²) in [4.78, 5) is 27.5. The van der Waals surface area contributed by atoms with Crippen molar-refractivity contribution in [1.29, 1.82) is 0 Å². The van der Waals surface area contributed by atoms with Crippen molar-refractivity contribution in [1.82, 2.24) is 20.0 Å². The van der Waals surface area contributed by atoms with Crippen LogP contribution in [0.3, 0.4) is 0 Å². The van der Waals surface area contributed by atoms with Gasteiger partial charge in [-0.3, -0.25) is 14.3 Å². The second kappa shape index (κ2) is 9.41. The van der Waals surface area contributed by atoms with E-state index >= 15 is 0 Å². The minimum atomic E-state index is -0.161. The molecule has 1 aromatic heterocycles. The molecular weight excluding hydrogens is 390 g/mol. The van der Waals surface area contributed by atoms with Crippen molar-refractivity contribution >= 4 is 29.9 Å². The molecule has 0 saturated carbocycles. The molecule has 2 amide bonds. The number of hydrogen-bond acceptors (Lipinski definition) is 4. The number of halogens is 1. The van der Waals surface area contributed by atoms with E-state index < -0.39 is 0 Å². The molecule has 1 aromatic carbocycles. The Kier molecular flexibility index (Phi) is 6.92. The fraction of sp³-hybridized carbons (Fsp3) is 0.476. The Morgan fingerprint density at radius 1 is 1.17 bits per heavy atom. The molecule has 0 radical (unpaired) electrons. The fourth-order valence-corrected chi connectivity index (χ4v) is 4.18. The van der Waals surface area contributed by atoms with Crippen molar-refractivity contribution in [2.24, 2.45) is 13.0 Å². The molecule has 2 atom stereocenters. The summed E-state index contributed by atoms with van der Waals surface area (Å²) in [6.45, 7) is 3.03. The number of likely N-dealkylation sites (tertiary alicyclic amines) is 1. The van der Waals surface area contributed by atoms with E-state index in [2.05, 4.69) is 15.7 Å². The summed E-state index contributed by atoms with van der Waals surface area (Å²) < 4.78 is 1.76. The van der Waals surface area contributed by atoms with E-state index in [1.165, 1.54) is 6.42 Å². The standard InChI is InChI=1S/C21H27N5O2.ClH/c1-25-14-16(11-23-25)18-12-22-13-19(18)20(27)24-17-7-5-6-15(10-17)21(28)26-8-3-2-4-9-26;/h5-7,10-11,14,18-19,22H,2-4,8-9,12-13H2,1H3,(H,24,27);1H/t18-,19+;/m1./s1. The summed E-state index contributed by atoms with van der Waals surface area (Å²) in [5.41, 5.74) is 2.37. The summed E-state index contributed by atoms with van der Waals surface area (Å²) in [6, 6.07) is 7.28. The first kappa shape index (κ1) is 21.3. The topological polar surface area (TPSA) is 79.3 Å². The predicted molar refractivity (Wildman–Crippen MR) is 114 cm³/mol. The van der Waals surface area contributed by atoms with Crippen molar-refractivity contribution in [2.45, 2.75) is 25.2 Å². The Labute approximate surface area is 177 Å². The summed E-state index contributed by atoms with van der Waals surface area (Å²) in [7, 11) is 1.88. The van der Waals surface area contributed by atoms with Crippen molar-refractivity contribution < 1.29 is 9.59 Å². The Balaban J connectivity index is 0.00000240. The molecule has 2 aliphatic heterocycles. The predicted octanol–water partition coefficient (Wildman–Crippen LogP) is 2.41. The molecule has 4 rings (SSSR count). The van der Waals surface area contributed by atoms with Gasteiger partial charge in [-0.2, -0.15) is 5.10 Å². The minimum absolute atomic E-state index is 0. The van der Waals surface area contributed by atoms with Gasteiger partial charge in [-0.15, -0.1) is 12.4 Å². The van der Waals surface area contributed by atoms with Gasteiger partial charge in [-0.05, 0) is 43.0 Å². The van der Waals surface area contributed by atoms with Gasteiger partial charge in [0.25, 0.3) is 5.91 Å². The minimum Gasteiger partial charge on any atom is -0.339 e. The number of nitrogens with one attached hydrogen (secondary N) is 2. The molecule has 7 nitrogen and oxygen atoms in total. The number of amides is 2. The van der Waals surface area contributed by atoms with Gasteiger partial charge < -0.3 is 15.5 Å². The maximum absolute atomic E-state index is 12.9. The highest BCUT2D eigenvalue weighted by molar-refractivity contribution is 5.98. The molecule has 2 aliphatic rings. The number of benzene rings is 1. The van der Waals surface area contributed by atoms with Crippen LogP contribution in [-0.4, -0.2) is 52.7 Å². The zero-order valence-corrected chi connectivity index (χ0v) is 17.5. The van der Waals surface area contributed by atoms with Gasteiger partial charge in [0.1, 0.15) is 0 Å². The number of rotatable bonds is 4. The lowest BCUT2D eigenvalue weighted by atomic mass is 9.90. The highest BCUT2D eigenvalue weighted by Crippen LogP contribution is 2.29. The van der Waals surface area contributed by atoms with Gasteiger partial charge in [-0.1, -0.05) is 6.07 Å². The smallest absolute Gasteiger partial charge is 0.253 e. The van der Waals surface area contributed by atoms with Crippen LogP contribution in [0.25, 0.3) is 0 Å². The molecule has 29 heavy (non-hydrogen) atoms. The van der Waals surface area contributed by atoms with Crippen LogP contribution < -0.4 is 10.6 Å². The Bertz CT molecular complexity index is 862. The second-order valence-corrected chi connectivity index (χ2v) is 7.74. The maximum atomic E-state index is 12.9. The van der Waals surface area contributed by atoms with Crippen LogP contribution in [0, 0.1) is 5.92 Å². The zero-order chi connectivity index (χ0) is 19.5. The van der Waals surface area contributed by atoms with Gasteiger partial charge in [0, 0.05) is 56.6 Å². The van der Waals surface area contributed by atoms with Gasteiger partial charge in [-0.25, -0.2) is 0 Å². The number of aromatic nitrogens is 2. The number of anilines is 1. The zero-order valence-electron chi connectivity index (χ0n) is 16.6. The first-order valence-electron chi connectivity index (χ1n) is 10.0. The van der Waals surface area contributed by atoms with E-state index in [4.69, 9.17) is 0 Å². The quantitative estimate of drug-likeness (QED) is 0.800. The normalized spacial score (nSPS) is 21.5. The highest BCUT2D eigenvalue weighted by Gasteiger charge is 2.34. The lowest BCUT2D eigenvalue weighted by molar-refractivity contribution is -0.119. The number of carbonyl (C=O) groups is 2. The third-order valence-corrected chi connectivity index (χ3v) is 5.72. The first-order chi connectivity index (χ1) is 13.6. The number of hydrogen-bond donors (Lipinski definition) is 2. The van der Waals surface area contributed by atoms with Crippen molar-refractivity contribution in [3.8, 4) is 0 Å².